The van der Waals surface area contributed by atoms with Crippen LogP contribution in [0.15, 0.2) is 84.5 Å². The Morgan fingerprint density at radius 3 is 1.68 bits per heavy atom. The van der Waals surface area contributed by atoms with Gasteiger partial charge in [-0.15, -0.1) is 0 Å². The van der Waals surface area contributed by atoms with Crippen LogP contribution < -0.4 is 0 Å². The number of hydrogen-bond donors (Lipinski definition) is 0. The van der Waals surface area contributed by atoms with E-state index in [4.69, 9.17) is 0 Å². The Labute approximate surface area is 115 Å². The fourth-order valence-corrected chi connectivity index (χ4v) is 2.69. The maximum Gasteiger partial charge on any atom is 0.0341 e. The Hall–Kier alpha value is -2.08. The molecule has 0 atom stereocenters. The Morgan fingerprint density at radius 1 is 0.737 bits per heavy atom. The molecule has 0 saturated carbocycles. The lowest BCUT2D eigenvalue weighted by atomic mass is 9.79. The van der Waals surface area contributed by atoms with Crippen LogP contribution in [0.3, 0.4) is 0 Å². The van der Waals surface area contributed by atoms with Gasteiger partial charge in [0, 0.05) is 11.8 Å². The average Bonchev–Trinajstić information content (AvgIpc) is 2.88. The normalized spacial score (nSPS) is 14.9. The number of benzene rings is 2. The highest BCUT2D eigenvalue weighted by molar-refractivity contribution is 5.53. The third-order valence-electron chi connectivity index (χ3n) is 3.65. The topological polar surface area (TPSA) is 0 Å². The highest BCUT2D eigenvalue weighted by Gasteiger charge is 2.26. The molecule has 0 spiro atoms. The summed E-state index contributed by atoms with van der Waals surface area (Å²) in [5, 5.41) is 0. The van der Waals surface area contributed by atoms with Gasteiger partial charge in [0.2, 0.25) is 0 Å². The van der Waals surface area contributed by atoms with Crippen molar-refractivity contribution in [2.75, 3.05) is 0 Å². The van der Waals surface area contributed by atoms with Gasteiger partial charge in [0.1, 0.15) is 0 Å². The summed E-state index contributed by atoms with van der Waals surface area (Å²) in [4.78, 5) is 0. The van der Waals surface area contributed by atoms with Gasteiger partial charge in [-0.1, -0.05) is 84.5 Å². The Balaban J connectivity index is 2.07. The van der Waals surface area contributed by atoms with Gasteiger partial charge in [0.05, 0.1) is 0 Å². The fraction of sp³-hybridized carbons (Fsp3) is 0.105. The van der Waals surface area contributed by atoms with Gasteiger partial charge in [-0.3, -0.25) is 0 Å². The van der Waals surface area contributed by atoms with Crippen LogP contribution in [-0.4, -0.2) is 0 Å². The predicted octanol–water partition coefficient (Wildman–Crippen LogP) is 4.91. The van der Waals surface area contributed by atoms with Gasteiger partial charge >= 0.3 is 0 Å². The molecule has 0 heteroatoms. The smallest absolute Gasteiger partial charge is 0.0341 e. The maximum absolute atomic E-state index is 2.24. The molecular formula is C19H17. The highest BCUT2D eigenvalue weighted by Crippen LogP contribution is 2.40. The molecule has 0 aliphatic heterocycles. The lowest BCUT2D eigenvalue weighted by molar-refractivity contribution is 0.882. The zero-order valence-electron chi connectivity index (χ0n) is 11.1. The molecule has 0 heterocycles. The average molecular weight is 245 g/mol. The van der Waals surface area contributed by atoms with Gasteiger partial charge in [0.25, 0.3) is 0 Å². The molecular weight excluding hydrogens is 228 g/mol. The van der Waals surface area contributed by atoms with Gasteiger partial charge in [-0.2, -0.15) is 0 Å². The third-order valence-corrected chi connectivity index (χ3v) is 3.65. The lowest BCUT2D eigenvalue weighted by Gasteiger charge is -2.24. The fourth-order valence-electron chi connectivity index (χ4n) is 2.69. The van der Waals surface area contributed by atoms with Crippen molar-refractivity contribution in [2.24, 2.45) is 0 Å². The first-order valence-corrected chi connectivity index (χ1v) is 6.68. The molecule has 0 amide bonds. The van der Waals surface area contributed by atoms with Crippen molar-refractivity contribution >= 4 is 0 Å². The Bertz CT molecular complexity index is 551. The predicted molar refractivity (Wildman–Crippen MR) is 80.9 cm³/mol. The van der Waals surface area contributed by atoms with E-state index in [9.17, 15) is 0 Å². The van der Waals surface area contributed by atoms with Gasteiger partial charge in [-0.05, 0) is 18.1 Å². The highest BCUT2D eigenvalue weighted by atomic mass is 14.3. The van der Waals surface area contributed by atoms with Crippen LogP contribution in [0.25, 0.3) is 0 Å². The second-order valence-corrected chi connectivity index (χ2v) is 4.92. The second kappa shape index (κ2) is 5.27. The molecule has 0 unspecified atom stereocenters. The molecule has 2 aromatic carbocycles. The van der Waals surface area contributed by atoms with Crippen LogP contribution in [0.1, 0.15) is 24.0 Å². The molecule has 0 saturated heterocycles. The minimum absolute atomic E-state index is 0.331. The second-order valence-electron chi connectivity index (χ2n) is 4.92. The molecule has 0 fully saturated rings. The lowest BCUT2D eigenvalue weighted by Crippen LogP contribution is -2.10. The van der Waals surface area contributed by atoms with E-state index in [-0.39, 0.29) is 0 Å². The van der Waals surface area contributed by atoms with Crippen LogP contribution in [0.2, 0.25) is 0 Å². The molecule has 0 aromatic heterocycles. The van der Waals surface area contributed by atoms with Crippen molar-refractivity contribution in [3.05, 3.63) is 102 Å². The third kappa shape index (κ3) is 2.39. The molecule has 1 radical (unpaired) electrons. The van der Waals surface area contributed by atoms with Gasteiger partial charge in [-0.25, -0.2) is 0 Å². The van der Waals surface area contributed by atoms with Gasteiger partial charge in [0.15, 0.2) is 0 Å². The van der Waals surface area contributed by atoms with E-state index >= 15 is 0 Å². The summed E-state index contributed by atoms with van der Waals surface area (Å²) in [6, 6.07) is 21.5. The first kappa shape index (κ1) is 12.0. The van der Waals surface area contributed by atoms with Crippen molar-refractivity contribution in [3.8, 4) is 0 Å². The number of allylic oxidation sites excluding steroid dienone is 4. The Kier molecular flexibility index (Phi) is 3.33. The maximum atomic E-state index is 2.24. The van der Waals surface area contributed by atoms with E-state index in [1.165, 1.54) is 22.6 Å². The standard InChI is InChI=1S/C19H17/c1-15-9-8-14-18(15)19(16-10-4-2-5-11-16)17-12-6-3-7-13-17/h2-14,19H,1H3. The summed E-state index contributed by atoms with van der Waals surface area (Å²) < 4.78 is 0. The quantitative estimate of drug-likeness (QED) is 0.720. The molecule has 0 N–H and O–H groups in total. The summed E-state index contributed by atoms with van der Waals surface area (Å²) in [6.07, 6.45) is 6.57. The van der Waals surface area contributed by atoms with Crippen molar-refractivity contribution in [3.63, 3.8) is 0 Å². The van der Waals surface area contributed by atoms with Crippen LogP contribution >= 0.6 is 0 Å². The van der Waals surface area contributed by atoms with Crippen molar-refractivity contribution in [1.29, 1.82) is 0 Å². The van der Waals surface area contributed by atoms with E-state index in [2.05, 4.69) is 85.8 Å². The SMILES string of the molecule is CC1=CC=C[C]1C(c1ccccc1)c1ccccc1. The van der Waals surface area contributed by atoms with E-state index in [1.54, 1.807) is 0 Å². The van der Waals surface area contributed by atoms with E-state index in [0.717, 1.165) is 0 Å². The Morgan fingerprint density at radius 2 is 1.26 bits per heavy atom. The summed E-state index contributed by atoms with van der Waals surface area (Å²) >= 11 is 0. The van der Waals surface area contributed by atoms with E-state index in [0.29, 0.717) is 5.92 Å². The van der Waals surface area contributed by atoms with Crippen molar-refractivity contribution < 1.29 is 0 Å². The molecule has 93 valence electrons. The largest absolute Gasteiger partial charge is 0.0721 e. The first-order valence-electron chi connectivity index (χ1n) is 6.68. The summed E-state index contributed by atoms with van der Waals surface area (Å²) in [6.45, 7) is 2.19. The molecule has 0 nitrogen and oxygen atoms in total. The van der Waals surface area contributed by atoms with Crippen LogP contribution in [0, 0.1) is 5.92 Å². The first-order chi connectivity index (χ1) is 9.36. The number of hydrogen-bond acceptors (Lipinski definition) is 0. The molecule has 2 aromatic rings. The molecule has 19 heavy (non-hydrogen) atoms. The molecule has 1 aliphatic carbocycles. The molecule has 3 rings (SSSR count). The van der Waals surface area contributed by atoms with Crippen LogP contribution in [-0.2, 0) is 0 Å². The zero-order chi connectivity index (χ0) is 13.1. The minimum Gasteiger partial charge on any atom is -0.0721 e. The zero-order valence-corrected chi connectivity index (χ0v) is 11.1. The summed E-state index contributed by atoms with van der Waals surface area (Å²) in [7, 11) is 0. The minimum atomic E-state index is 0.331. The number of rotatable bonds is 3. The monoisotopic (exact) mass is 245 g/mol. The molecule has 0 bridgehead atoms. The van der Waals surface area contributed by atoms with Crippen molar-refractivity contribution in [1.82, 2.24) is 0 Å². The molecule has 1 aliphatic rings. The summed E-state index contributed by atoms with van der Waals surface area (Å²) in [5.41, 5.74) is 4.06. The summed E-state index contributed by atoms with van der Waals surface area (Å²) in [5.74, 6) is 1.73. The van der Waals surface area contributed by atoms with Crippen LogP contribution in [0.5, 0.6) is 0 Å². The van der Waals surface area contributed by atoms with Crippen LogP contribution in [0.4, 0.5) is 0 Å². The van der Waals surface area contributed by atoms with E-state index in [1.807, 2.05) is 0 Å². The van der Waals surface area contributed by atoms with Gasteiger partial charge < -0.3 is 0 Å². The van der Waals surface area contributed by atoms with E-state index < -0.39 is 0 Å². The van der Waals surface area contributed by atoms with Crippen molar-refractivity contribution in [2.45, 2.75) is 12.8 Å².